The van der Waals surface area contributed by atoms with Crippen LogP contribution in [0.4, 0.5) is 0 Å². The molecule has 1 aromatic carbocycles. The number of carbonyl (C=O) groups is 1. The fourth-order valence-corrected chi connectivity index (χ4v) is 2.69. The quantitative estimate of drug-likeness (QED) is 0.782. The Bertz CT molecular complexity index is 419. The predicted molar refractivity (Wildman–Crippen MR) is 73.3 cm³/mol. The van der Waals surface area contributed by atoms with Gasteiger partial charge in [-0.1, -0.05) is 32.1 Å². The molecule has 104 valence electrons. The number of phenolic OH excluding ortho intramolecular Hbond substituents is 2. The minimum Gasteiger partial charge on any atom is -0.508 e. The summed E-state index contributed by atoms with van der Waals surface area (Å²) in [6.45, 7) is 0.653. The lowest BCUT2D eigenvalue weighted by molar-refractivity contribution is 0.0949. The van der Waals surface area contributed by atoms with Crippen LogP contribution in [-0.2, 0) is 0 Å². The van der Waals surface area contributed by atoms with E-state index in [0.29, 0.717) is 12.1 Å². The van der Waals surface area contributed by atoms with Gasteiger partial charge in [0.15, 0.2) is 0 Å². The van der Waals surface area contributed by atoms with Gasteiger partial charge in [0.1, 0.15) is 11.5 Å². The Hall–Kier alpha value is -1.71. The zero-order chi connectivity index (χ0) is 13.7. The first kappa shape index (κ1) is 13.7. The molecule has 2 rings (SSSR count). The van der Waals surface area contributed by atoms with Crippen LogP contribution in [0, 0.1) is 5.92 Å². The highest BCUT2D eigenvalue weighted by Crippen LogP contribution is 2.26. The molecule has 0 radical (unpaired) electrons. The number of aromatic hydroxyl groups is 2. The van der Waals surface area contributed by atoms with Crippen molar-refractivity contribution in [2.45, 2.75) is 38.5 Å². The molecule has 1 aromatic rings. The van der Waals surface area contributed by atoms with Gasteiger partial charge in [0.05, 0.1) is 0 Å². The molecule has 1 aliphatic carbocycles. The van der Waals surface area contributed by atoms with Crippen LogP contribution in [0.25, 0.3) is 0 Å². The third kappa shape index (κ3) is 4.16. The Morgan fingerprint density at radius 2 is 1.74 bits per heavy atom. The number of hydrogen-bond donors (Lipinski definition) is 3. The molecule has 4 heteroatoms. The van der Waals surface area contributed by atoms with Crippen molar-refractivity contribution < 1.29 is 15.0 Å². The van der Waals surface area contributed by atoms with Crippen molar-refractivity contribution in [2.24, 2.45) is 5.92 Å². The molecule has 19 heavy (non-hydrogen) atoms. The van der Waals surface area contributed by atoms with Crippen LogP contribution in [-0.4, -0.2) is 22.7 Å². The number of hydrogen-bond acceptors (Lipinski definition) is 3. The zero-order valence-corrected chi connectivity index (χ0v) is 11.1. The third-order valence-corrected chi connectivity index (χ3v) is 3.73. The van der Waals surface area contributed by atoms with Gasteiger partial charge in [0.2, 0.25) is 0 Å². The van der Waals surface area contributed by atoms with Gasteiger partial charge in [-0.2, -0.15) is 0 Å². The second-order valence-electron chi connectivity index (χ2n) is 5.29. The number of amides is 1. The van der Waals surface area contributed by atoms with Gasteiger partial charge in [0.25, 0.3) is 5.91 Å². The highest BCUT2D eigenvalue weighted by Gasteiger charge is 2.14. The van der Waals surface area contributed by atoms with Crippen LogP contribution in [0.1, 0.15) is 48.9 Å². The van der Waals surface area contributed by atoms with Gasteiger partial charge in [-0.05, 0) is 24.5 Å². The van der Waals surface area contributed by atoms with Crippen LogP contribution in [0.3, 0.4) is 0 Å². The Balaban J connectivity index is 1.80. The van der Waals surface area contributed by atoms with E-state index in [2.05, 4.69) is 5.32 Å². The molecule has 0 unspecified atom stereocenters. The lowest BCUT2D eigenvalue weighted by atomic mass is 9.87. The first-order valence-electron chi connectivity index (χ1n) is 6.96. The van der Waals surface area contributed by atoms with Crippen LogP contribution in [0.2, 0.25) is 0 Å². The van der Waals surface area contributed by atoms with Crippen LogP contribution in [0.5, 0.6) is 11.5 Å². The first-order chi connectivity index (χ1) is 9.15. The maximum atomic E-state index is 11.9. The molecule has 0 bridgehead atoms. The van der Waals surface area contributed by atoms with E-state index in [1.54, 1.807) is 0 Å². The van der Waals surface area contributed by atoms with E-state index in [1.165, 1.54) is 50.3 Å². The standard InChI is InChI=1S/C15H21NO3/c17-13-8-12(9-14(18)10-13)15(19)16-7-6-11-4-2-1-3-5-11/h8-11,17-18H,1-7H2,(H,16,19). The monoisotopic (exact) mass is 263 g/mol. The largest absolute Gasteiger partial charge is 0.508 e. The van der Waals surface area contributed by atoms with Crippen LogP contribution < -0.4 is 5.32 Å². The van der Waals surface area contributed by atoms with Crippen LogP contribution >= 0.6 is 0 Å². The lowest BCUT2D eigenvalue weighted by Gasteiger charge is -2.21. The summed E-state index contributed by atoms with van der Waals surface area (Å²) in [7, 11) is 0. The summed E-state index contributed by atoms with van der Waals surface area (Å²) in [6.07, 6.45) is 7.49. The lowest BCUT2D eigenvalue weighted by Crippen LogP contribution is -2.26. The molecule has 1 fully saturated rings. The first-order valence-corrected chi connectivity index (χ1v) is 6.96. The zero-order valence-electron chi connectivity index (χ0n) is 11.1. The molecule has 3 N–H and O–H groups in total. The fraction of sp³-hybridized carbons (Fsp3) is 0.533. The van der Waals surface area contributed by atoms with Crippen molar-refractivity contribution in [1.29, 1.82) is 0 Å². The maximum Gasteiger partial charge on any atom is 0.251 e. The average molecular weight is 263 g/mol. The highest BCUT2D eigenvalue weighted by atomic mass is 16.3. The summed E-state index contributed by atoms with van der Waals surface area (Å²) in [4.78, 5) is 11.9. The van der Waals surface area contributed by atoms with Crippen molar-refractivity contribution in [3.05, 3.63) is 23.8 Å². The minimum absolute atomic E-state index is 0.0996. The average Bonchev–Trinajstić information content (AvgIpc) is 2.38. The van der Waals surface area contributed by atoms with Crippen molar-refractivity contribution in [3.8, 4) is 11.5 Å². The molecule has 0 aromatic heterocycles. The van der Waals surface area contributed by atoms with E-state index in [9.17, 15) is 15.0 Å². The molecule has 0 heterocycles. The summed E-state index contributed by atoms with van der Waals surface area (Å²) in [5.41, 5.74) is 0.293. The highest BCUT2D eigenvalue weighted by molar-refractivity contribution is 5.95. The van der Waals surface area contributed by atoms with Gasteiger partial charge in [-0.15, -0.1) is 0 Å². The normalized spacial score (nSPS) is 16.2. The van der Waals surface area contributed by atoms with Crippen molar-refractivity contribution >= 4 is 5.91 Å². The van der Waals surface area contributed by atoms with E-state index < -0.39 is 0 Å². The molecule has 0 atom stereocenters. The second-order valence-corrected chi connectivity index (χ2v) is 5.29. The van der Waals surface area contributed by atoms with E-state index in [-0.39, 0.29) is 17.4 Å². The van der Waals surface area contributed by atoms with E-state index in [1.807, 2.05) is 0 Å². The Labute approximate surface area is 113 Å². The number of carbonyl (C=O) groups excluding carboxylic acids is 1. The molecule has 1 aliphatic rings. The molecule has 0 spiro atoms. The number of rotatable bonds is 4. The molecule has 4 nitrogen and oxygen atoms in total. The van der Waals surface area contributed by atoms with Gasteiger partial charge in [0, 0.05) is 18.2 Å². The van der Waals surface area contributed by atoms with Crippen molar-refractivity contribution in [3.63, 3.8) is 0 Å². The molecule has 1 amide bonds. The second kappa shape index (κ2) is 6.45. The maximum absolute atomic E-state index is 11.9. The van der Waals surface area contributed by atoms with Crippen molar-refractivity contribution in [1.82, 2.24) is 5.32 Å². The summed E-state index contributed by atoms with van der Waals surface area (Å²) < 4.78 is 0. The van der Waals surface area contributed by atoms with E-state index in [0.717, 1.165) is 12.3 Å². The van der Waals surface area contributed by atoms with Gasteiger partial charge < -0.3 is 15.5 Å². The van der Waals surface area contributed by atoms with E-state index >= 15 is 0 Å². The predicted octanol–water partition coefficient (Wildman–Crippen LogP) is 2.80. The summed E-state index contributed by atoms with van der Waals surface area (Å²) >= 11 is 0. The molecular weight excluding hydrogens is 242 g/mol. The summed E-state index contributed by atoms with van der Waals surface area (Å²) in [6, 6.07) is 3.92. The fourth-order valence-electron chi connectivity index (χ4n) is 2.69. The van der Waals surface area contributed by atoms with Crippen LogP contribution in [0.15, 0.2) is 18.2 Å². The number of benzene rings is 1. The minimum atomic E-state index is -0.248. The molecule has 0 aliphatic heterocycles. The molecule has 0 saturated heterocycles. The van der Waals surface area contributed by atoms with Gasteiger partial charge in [-0.25, -0.2) is 0 Å². The summed E-state index contributed by atoms with van der Waals surface area (Å²) in [5.74, 6) is 0.281. The molecule has 1 saturated carbocycles. The summed E-state index contributed by atoms with van der Waals surface area (Å²) in [5, 5.41) is 21.5. The smallest absolute Gasteiger partial charge is 0.251 e. The Kier molecular flexibility index (Phi) is 4.66. The van der Waals surface area contributed by atoms with Gasteiger partial charge >= 0.3 is 0 Å². The third-order valence-electron chi connectivity index (χ3n) is 3.73. The van der Waals surface area contributed by atoms with Crippen molar-refractivity contribution in [2.75, 3.05) is 6.54 Å². The number of phenols is 2. The SMILES string of the molecule is O=C(NCCC1CCCCC1)c1cc(O)cc(O)c1. The van der Waals surface area contributed by atoms with Gasteiger partial charge in [-0.3, -0.25) is 4.79 Å². The Morgan fingerprint density at radius 3 is 2.37 bits per heavy atom. The Morgan fingerprint density at radius 1 is 1.11 bits per heavy atom. The molecular formula is C15H21NO3. The number of nitrogens with one attached hydrogen (secondary N) is 1. The topological polar surface area (TPSA) is 69.6 Å². The van der Waals surface area contributed by atoms with E-state index in [4.69, 9.17) is 0 Å².